The number of carbonyl (C=O) groups excluding carboxylic acids is 1. The van der Waals surface area contributed by atoms with Gasteiger partial charge in [0.15, 0.2) is 17.8 Å². The van der Waals surface area contributed by atoms with Crippen molar-refractivity contribution in [3.8, 4) is 17.2 Å². The average Bonchev–Trinajstić information content (AvgIpc) is 3.87. The lowest BCUT2D eigenvalue weighted by Gasteiger charge is -2.31. The number of alkyl carbamates (subject to hydrolysis) is 1. The first-order valence-electron chi connectivity index (χ1n) is 23.5. The third-order valence-electron chi connectivity index (χ3n) is 6.94. The third-order valence-corrected chi connectivity index (χ3v) is 9.37. The highest BCUT2D eigenvalue weighted by Gasteiger charge is 2.44. The van der Waals surface area contributed by atoms with Crippen LogP contribution in [-0.4, -0.2) is 86.3 Å². The largest absolute Gasteiger partial charge is 0.487 e. The standard InChI is InChI=1S/C33H41N3O10S2/c1-20(2)14-36(48(39,40)25-8-9-29-30(13-25)45-19-44-29)15-28(37)27(35-33(38)46-31-17-43-32-26(31)10-11-41-32)12-22-4-6-24(7-5-22)42-16-23-18-47-21(3)34-23/h4-9,13,18,20,26-28,31-32,37H,10-12,14-17,19H2,1-3H3,(H,35,38)/t26-,27-,28+,31-,32+/m0/s1/i1D3,2D3,11D2,14D2,16D2,17D2,19D2,20D,28D,31D. The second kappa shape index (κ2) is 15.0. The van der Waals surface area contributed by atoms with Crippen LogP contribution in [0.2, 0.25) is 0 Å². The molecule has 2 N–H and O–H groups in total. The number of thiazole rings is 1. The van der Waals surface area contributed by atoms with Crippen LogP contribution in [0, 0.1) is 18.7 Å². The van der Waals surface area contributed by atoms with Gasteiger partial charge in [0.05, 0.1) is 57.7 Å². The van der Waals surface area contributed by atoms with Gasteiger partial charge in [-0.05, 0) is 55.5 Å². The molecule has 260 valence electrons. The monoisotopic (exact) mass is 722 g/mol. The molecule has 1 aromatic heterocycles. The predicted octanol–water partition coefficient (Wildman–Crippen LogP) is 3.87. The summed E-state index contributed by atoms with van der Waals surface area (Å²) in [5, 5.41) is 16.1. The molecule has 3 aliphatic heterocycles. The molecule has 15 heteroatoms. The number of ether oxygens (including phenoxy) is 6. The molecular formula is C33H41N3O10S2. The summed E-state index contributed by atoms with van der Waals surface area (Å²) in [5.74, 6) is -7.15. The van der Waals surface area contributed by atoms with Crippen LogP contribution < -0.4 is 19.5 Å². The Hall–Kier alpha value is -3.47. The summed E-state index contributed by atoms with van der Waals surface area (Å²) in [6.45, 7) is -24.3. The number of nitrogens with zero attached hydrogens (tertiary/aromatic N) is 2. The predicted molar refractivity (Wildman–Crippen MR) is 174 cm³/mol. The van der Waals surface area contributed by atoms with E-state index in [0.29, 0.717) is 17.1 Å². The minimum atomic E-state index is -5.84. The molecule has 48 heavy (non-hydrogen) atoms. The average molecular weight is 723 g/mol. The Morgan fingerprint density at radius 3 is 2.85 bits per heavy atom. The number of hydrogen-bond donors (Lipinski definition) is 2. The molecule has 6 rings (SSSR count). The lowest BCUT2D eigenvalue weighted by atomic mass is 10.0. The fourth-order valence-electron chi connectivity index (χ4n) is 4.60. The van der Waals surface area contributed by atoms with Crippen molar-refractivity contribution >= 4 is 27.5 Å². The Morgan fingerprint density at radius 2 is 2.08 bits per heavy atom. The maximum atomic E-state index is 14.6. The number of aliphatic hydroxyl groups is 1. The van der Waals surface area contributed by atoms with Gasteiger partial charge in [-0.1, -0.05) is 25.8 Å². The van der Waals surface area contributed by atoms with Gasteiger partial charge in [0.25, 0.3) is 0 Å². The number of benzene rings is 2. The van der Waals surface area contributed by atoms with E-state index in [2.05, 4.69) is 4.98 Å². The zero-order valence-electron chi connectivity index (χ0n) is 43.8. The van der Waals surface area contributed by atoms with Crippen molar-refractivity contribution in [2.24, 2.45) is 11.8 Å². The van der Waals surface area contributed by atoms with Crippen molar-refractivity contribution in [3.05, 3.63) is 64.1 Å². The molecule has 0 unspecified atom stereocenters. The summed E-state index contributed by atoms with van der Waals surface area (Å²) in [5.41, 5.74) is -0.0696. The van der Waals surface area contributed by atoms with Gasteiger partial charge in [0.2, 0.25) is 16.8 Å². The fraction of sp³-hybridized carbons (Fsp3) is 0.515. The minimum absolute atomic E-state index is 0.00626. The van der Waals surface area contributed by atoms with E-state index in [1.54, 1.807) is 6.92 Å². The Balaban J connectivity index is 1.43. The first-order valence-corrected chi connectivity index (χ1v) is 16.3. The van der Waals surface area contributed by atoms with Crippen LogP contribution in [0.5, 0.6) is 17.2 Å². The van der Waals surface area contributed by atoms with Crippen LogP contribution in [0.25, 0.3) is 0 Å². The molecule has 0 bridgehead atoms. The van der Waals surface area contributed by atoms with Gasteiger partial charge in [-0.2, -0.15) is 4.31 Å². The summed E-state index contributed by atoms with van der Waals surface area (Å²) in [6.07, 6.45) is -12.0. The summed E-state index contributed by atoms with van der Waals surface area (Å²) in [7, 11) is -5.84. The highest BCUT2D eigenvalue weighted by atomic mass is 32.2. The van der Waals surface area contributed by atoms with Gasteiger partial charge >= 0.3 is 6.09 Å². The lowest BCUT2D eigenvalue weighted by molar-refractivity contribution is -0.0907. The maximum absolute atomic E-state index is 14.6. The van der Waals surface area contributed by atoms with E-state index in [4.69, 9.17) is 53.1 Å². The molecule has 0 radical (unpaired) electrons. The number of aryl methyl sites for hydroxylation is 1. The van der Waals surface area contributed by atoms with E-state index in [0.717, 1.165) is 17.4 Å². The molecule has 2 fully saturated rings. The lowest BCUT2D eigenvalue weighted by Crippen LogP contribution is -2.51. The van der Waals surface area contributed by atoms with Gasteiger partial charge in [0.1, 0.15) is 21.1 Å². The Morgan fingerprint density at radius 1 is 1.27 bits per heavy atom. The molecule has 2 aromatic carbocycles. The molecule has 5 atom stereocenters. The van der Waals surface area contributed by atoms with Gasteiger partial charge in [-0.25, -0.2) is 18.2 Å². The molecule has 1 amide bonds. The van der Waals surface area contributed by atoms with Gasteiger partial charge in [0, 0.05) is 36.8 Å². The van der Waals surface area contributed by atoms with Crippen molar-refractivity contribution in [2.75, 3.05) is 32.9 Å². The number of aromatic nitrogens is 1. The van der Waals surface area contributed by atoms with E-state index in [-0.39, 0.29) is 22.8 Å². The minimum Gasteiger partial charge on any atom is -0.487 e. The van der Waals surface area contributed by atoms with Crippen LogP contribution in [0.1, 0.15) is 62.4 Å². The van der Waals surface area contributed by atoms with E-state index in [1.165, 1.54) is 29.6 Å². The van der Waals surface area contributed by atoms with E-state index in [9.17, 15) is 19.7 Å². The highest BCUT2D eigenvalue weighted by molar-refractivity contribution is 7.89. The second-order valence-electron chi connectivity index (χ2n) is 10.3. The van der Waals surface area contributed by atoms with Gasteiger partial charge in [-0.15, -0.1) is 11.3 Å². The van der Waals surface area contributed by atoms with E-state index >= 15 is 0 Å². The molecule has 0 spiro atoms. The van der Waals surface area contributed by atoms with E-state index < -0.39 is 133 Å². The number of sulfonamides is 1. The summed E-state index contributed by atoms with van der Waals surface area (Å²) in [6, 6.07) is 4.55. The Labute approximate surface area is 310 Å². The van der Waals surface area contributed by atoms with Crippen LogP contribution in [0.3, 0.4) is 0 Å². The first-order chi connectivity index (χ1) is 30.2. The Kier molecular flexibility index (Phi) is 5.60. The first kappa shape index (κ1) is 18.0. The number of nitrogens with one attached hydrogen (secondary N) is 1. The molecule has 3 aromatic rings. The number of amides is 1. The van der Waals surface area contributed by atoms with Crippen LogP contribution in [0.15, 0.2) is 52.7 Å². The van der Waals surface area contributed by atoms with Crippen LogP contribution >= 0.6 is 11.3 Å². The van der Waals surface area contributed by atoms with E-state index in [1.807, 2.05) is 5.32 Å². The molecule has 3 aliphatic rings. The fourth-order valence-corrected chi connectivity index (χ4v) is 6.40. The quantitative estimate of drug-likeness (QED) is 0.249. The number of carbonyl (C=O) groups is 1. The topological polar surface area (TPSA) is 155 Å². The van der Waals surface area contributed by atoms with Crippen molar-refractivity contribution < 1.29 is 72.8 Å². The van der Waals surface area contributed by atoms with Crippen LogP contribution in [0.4, 0.5) is 4.79 Å². The molecule has 2 saturated heterocycles. The van der Waals surface area contributed by atoms with Gasteiger partial charge in [-0.3, -0.25) is 0 Å². The Bertz CT molecular complexity index is 2460. The third kappa shape index (κ3) is 8.21. The zero-order chi connectivity index (χ0) is 50.6. The molecule has 4 heterocycles. The van der Waals surface area contributed by atoms with Gasteiger partial charge < -0.3 is 38.8 Å². The number of rotatable bonds is 14. The van der Waals surface area contributed by atoms with Crippen LogP contribution in [-0.2, 0) is 37.2 Å². The smallest absolute Gasteiger partial charge is 0.407 e. The summed E-state index contributed by atoms with van der Waals surface area (Å²) >= 11 is 1.15. The second-order valence-corrected chi connectivity index (χ2v) is 13.2. The molecule has 13 nitrogen and oxygen atoms in total. The summed E-state index contributed by atoms with van der Waals surface area (Å²) < 4.78 is 216. The van der Waals surface area contributed by atoms with Crippen molar-refractivity contribution in [3.63, 3.8) is 0 Å². The number of fused-ring (bicyclic) bond motifs is 2. The highest BCUT2D eigenvalue weighted by Crippen LogP contribution is 2.35. The maximum Gasteiger partial charge on any atom is 0.407 e. The molecule has 0 aliphatic carbocycles. The normalized spacial score (nSPS) is 33.9. The van der Waals surface area contributed by atoms with Crippen molar-refractivity contribution in [1.29, 1.82) is 0 Å². The number of hydrogen-bond acceptors (Lipinski definition) is 12. The zero-order valence-corrected chi connectivity index (χ0v) is 26.4. The van der Waals surface area contributed by atoms with Crippen molar-refractivity contribution in [1.82, 2.24) is 14.6 Å². The molecule has 0 saturated carbocycles. The molecular weight excluding hydrogens is 663 g/mol. The van der Waals surface area contributed by atoms with Crippen molar-refractivity contribution in [2.45, 2.75) is 69.4 Å². The summed E-state index contributed by atoms with van der Waals surface area (Å²) in [4.78, 5) is 16.8. The SMILES string of the molecule is [2H]C1([2H])C[C@@H]2[C@H](O1)OC([2H])([2H])[C@]2([2H])OC(=O)N[C@@H](Cc1ccc(OC([2H])([2H])c2csc(C)n2)cc1)[C@]([2H])(O)CN(C([2H])([2H])C([2H])(C([2H])([2H])[2H])C([2H])([2H])[2H])S(=O)(=O)c1ccc2c(c1)OC([2H])([2H])O2.